The van der Waals surface area contributed by atoms with Crippen LogP contribution in [0.25, 0.3) is 0 Å². The lowest BCUT2D eigenvalue weighted by Gasteiger charge is -2.36. The van der Waals surface area contributed by atoms with Crippen LogP contribution in [-0.2, 0) is 17.9 Å². The van der Waals surface area contributed by atoms with E-state index in [1.54, 1.807) is 12.1 Å². The second-order valence-corrected chi connectivity index (χ2v) is 8.51. The van der Waals surface area contributed by atoms with Gasteiger partial charge in [-0.1, -0.05) is 42.5 Å². The Morgan fingerprint density at radius 2 is 1.55 bits per heavy atom. The van der Waals surface area contributed by atoms with Gasteiger partial charge >= 0.3 is 0 Å². The highest BCUT2D eigenvalue weighted by atomic mass is 19.1. The minimum Gasteiger partial charge on any atom is -0.374 e. The molecular formula is C27H31FN4O. The second kappa shape index (κ2) is 11.0. The van der Waals surface area contributed by atoms with Gasteiger partial charge in [-0.25, -0.2) is 4.39 Å². The topological polar surface area (TPSA) is 47.6 Å². The van der Waals surface area contributed by atoms with Gasteiger partial charge in [-0.3, -0.25) is 9.69 Å². The first-order valence-corrected chi connectivity index (χ1v) is 11.5. The lowest BCUT2D eigenvalue weighted by atomic mass is 10.2. The Labute approximate surface area is 195 Å². The zero-order valence-corrected chi connectivity index (χ0v) is 19.0. The number of hydrogen-bond donors (Lipinski definition) is 2. The summed E-state index contributed by atoms with van der Waals surface area (Å²) < 4.78 is 13.0. The quantitative estimate of drug-likeness (QED) is 0.543. The number of halogens is 1. The van der Waals surface area contributed by atoms with Gasteiger partial charge in [0.2, 0.25) is 5.91 Å². The summed E-state index contributed by atoms with van der Waals surface area (Å²) in [5.74, 6) is -0.379. The van der Waals surface area contributed by atoms with Crippen molar-refractivity contribution in [1.29, 1.82) is 0 Å². The van der Waals surface area contributed by atoms with Gasteiger partial charge in [0.25, 0.3) is 0 Å². The van der Waals surface area contributed by atoms with Gasteiger partial charge in [0.05, 0.1) is 0 Å². The Balaban J connectivity index is 1.22. The minimum absolute atomic E-state index is 0.0991. The lowest BCUT2D eigenvalue weighted by molar-refractivity contribution is -0.121. The van der Waals surface area contributed by atoms with Crippen LogP contribution in [-0.4, -0.2) is 43.0 Å². The molecule has 1 aliphatic rings. The Hall–Kier alpha value is -3.38. The standard InChI is InChI=1S/C27H31FN4O/c1-21(27(33)29-19-22-7-9-24(28)10-8-22)30-25-11-13-26(14-12-25)32-17-15-31(16-18-32)20-23-5-3-2-4-6-23/h2-14,21,30H,15-20H2,1H3,(H,29,33). The van der Waals surface area contributed by atoms with E-state index in [4.69, 9.17) is 0 Å². The highest BCUT2D eigenvalue weighted by Crippen LogP contribution is 2.20. The van der Waals surface area contributed by atoms with Crippen LogP contribution in [0.2, 0.25) is 0 Å². The van der Waals surface area contributed by atoms with Crippen molar-refractivity contribution in [2.24, 2.45) is 0 Å². The minimum atomic E-state index is -0.377. The zero-order chi connectivity index (χ0) is 23.0. The first-order chi connectivity index (χ1) is 16.1. The maximum atomic E-state index is 13.0. The Morgan fingerprint density at radius 3 is 2.21 bits per heavy atom. The van der Waals surface area contributed by atoms with Crippen LogP contribution >= 0.6 is 0 Å². The first kappa shape index (κ1) is 22.8. The summed E-state index contributed by atoms with van der Waals surface area (Å²) in [6.07, 6.45) is 0. The van der Waals surface area contributed by atoms with E-state index < -0.39 is 0 Å². The molecule has 0 spiro atoms. The Bertz CT molecular complexity index is 1020. The largest absolute Gasteiger partial charge is 0.374 e. The molecule has 6 heteroatoms. The molecule has 3 aromatic carbocycles. The molecule has 1 aliphatic heterocycles. The molecule has 0 bridgehead atoms. The predicted octanol–water partition coefficient (Wildman–Crippen LogP) is 4.26. The normalized spacial score (nSPS) is 15.2. The number of nitrogens with zero attached hydrogens (tertiary/aromatic N) is 2. The number of anilines is 2. The summed E-state index contributed by atoms with van der Waals surface area (Å²) >= 11 is 0. The van der Waals surface area contributed by atoms with Crippen molar-refractivity contribution in [2.75, 3.05) is 36.4 Å². The van der Waals surface area contributed by atoms with Crippen LogP contribution in [0.1, 0.15) is 18.1 Å². The summed E-state index contributed by atoms with van der Waals surface area (Å²) in [5.41, 5.74) is 4.33. The highest BCUT2D eigenvalue weighted by Gasteiger charge is 2.18. The molecule has 0 aromatic heterocycles. The van der Waals surface area contributed by atoms with Gasteiger partial charge in [-0.2, -0.15) is 0 Å². The summed E-state index contributed by atoms with van der Waals surface area (Å²) in [4.78, 5) is 17.3. The van der Waals surface area contributed by atoms with Crippen LogP contribution in [0, 0.1) is 5.82 Å². The fourth-order valence-corrected chi connectivity index (χ4v) is 4.03. The molecule has 0 radical (unpaired) electrons. The van der Waals surface area contributed by atoms with Crippen molar-refractivity contribution in [2.45, 2.75) is 26.1 Å². The van der Waals surface area contributed by atoms with Crippen molar-refractivity contribution in [1.82, 2.24) is 10.2 Å². The third-order valence-electron chi connectivity index (χ3n) is 6.01. The predicted molar refractivity (Wildman–Crippen MR) is 132 cm³/mol. The van der Waals surface area contributed by atoms with Crippen molar-refractivity contribution < 1.29 is 9.18 Å². The second-order valence-electron chi connectivity index (χ2n) is 8.51. The van der Waals surface area contributed by atoms with Crippen LogP contribution in [0.3, 0.4) is 0 Å². The number of nitrogens with one attached hydrogen (secondary N) is 2. The van der Waals surface area contributed by atoms with Crippen molar-refractivity contribution in [3.05, 3.63) is 95.8 Å². The summed E-state index contributed by atoms with van der Waals surface area (Å²) in [7, 11) is 0. The molecule has 2 N–H and O–H groups in total. The van der Waals surface area contributed by atoms with E-state index in [0.29, 0.717) is 6.54 Å². The molecule has 1 fully saturated rings. The smallest absolute Gasteiger partial charge is 0.242 e. The first-order valence-electron chi connectivity index (χ1n) is 11.5. The number of rotatable bonds is 8. The Morgan fingerprint density at radius 1 is 0.879 bits per heavy atom. The van der Waals surface area contributed by atoms with Gasteiger partial charge in [-0.15, -0.1) is 0 Å². The Kier molecular flexibility index (Phi) is 7.58. The van der Waals surface area contributed by atoms with Gasteiger partial charge in [-0.05, 0) is 54.4 Å². The fourth-order valence-electron chi connectivity index (χ4n) is 4.03. The van der Waals surface area contributed by atoms with Gasteiger partial charge in [0, 0.05) is 50.6 Å². The molecule has 172 valence electrons. The molecule has 3 aromatic rings. The molecule has 5 nitrogen and oxygen atoms in total. The number of carbonyl (C=O) groups excluding carboxylic acids is 1. The molecule has 0 saturated carbocycles. The summed E-state index contributed by atoms with van der Waals surface area (Å²) in [6.45, 7) is 7.29. The number of benzene rings is 3. The number of amides is 1. The van der Waals surface area contributed by atoms with Crippen LogP contribution < -0.4 is 15.5 Å². The van der Waals surface area contributed by atoms with E-state index >= 15 is 0 Å². The molecule has 1 saturated heterocycles. The van der Waals surface area contributed by atoms with Gasteiger partial charge in [0.1, 0.15) is 11.9 Å². The van der Waals surface area contributed by atoms with Crippen LogP contribution in [0.5, 0.6) is 0 Å². The lowest BCUT2D eigenvalue weighted by Crippen LogP contribution is -2.45. The van der Waals surface area contributed by atoms with E-state index in [0.717, 1.165) is 44.0 Å². The average molecular weight is 447 g/mol. The summed E-state index contributed by atoms with van der Waals surface area (Å²) in [6, 6.07) is 24.6. The molecule has 1 atom stereocenters. The van der Waals surface area contributed by atoms with Gasteiger partial charge < -0.3 is 15.5 Å². The van der Waals surface area contributed by atoms with E-state index in [1.807, 2.05) is 19.1 Å². The van der Waals surface area contributed by atoms with Crippen molar-refractivity contribution in [3.8, 4) is 0 Å². The van der Waals surface area contributed by atoms with Crippen LogP contribution in [0.4, 0.5) is 15.8 Å². The van der Waals surface area contributed by atoms with Crippen molar-refractivity contribution in [3.63, 3.8) is 0 Å². The number of hydrogen-bond acceptors (Lipinski definition) is 4. The zero-order valence-electron chi connectivity index (χ0n) is 19.0. The molecule has 4 rings (SSSR count). The highest BCUT2D eigenvalue weighted by molar-refractivity contribution is 5.84. The van der Waals surface area contributed by atoms with Crippen molar-refractivity contribution >= 4 is 17.3 Å². The van der Waals surface area contributed by atoms with E-state index in [-0.39, 0.29) is 17.8 Å². The number of piperazine rings is 1. The van der Waals surface area contributed by atoms with E-state index in [2.05, 4.69) is 62.9 Å². The summed E-state index contributed by atoms with van der Waals surface area (Å²) in [5, 5.41) is 6.14. The third kappa shape index (κ3) is 6.56. The number of carbonyl (C=O) groups is 1. The molecule has 0 aliphatic carbocycles. The molecular weight excluding hydrogens is 415 g/mol. The molecule has 33 heavy (non-hydrogen) atoms. The SMILES string of the molecule is CC(Nc1ccc(N2CCN(Cc3ccccc3)CC2)cc1)C(=O)NCc1ccc(F)cc1. The third-order valence-corrected chi connectivity index (χ3v) is 6.01. The molecule has 1 unspecified atom stereocenters. The van der Waals surface area contributed by atoms with Crippen LogP contribution in [0.15, 0.2) is 78.9 Å². The average Bonchev–Trinajstić information content (AvgIpc) is 2.85. The molecule has 1 amide bonds. The maximum absolute atomic E-state index is 13.0. The van der Waals surface area contributed by atoms with Gasteiger partial charge in [0.15, 0.2) is 0 Å². The maximum Gasteiger partial charge on any atom is 0.242 e. The van der Waals surface area contributed by atoms with E-state index in [9.17, 15) is 9.18 Å². The van der Waals surface area contributed by atoms with E-state index in [1.165, 1.54) is 23.4 Å². The molecule has 1 heterocycles. The fraction of sp³-hybridized carbons (Fsp3) is 0.296. The monoisotopic (exact) mass is 446 g/mol.